The second-order valence-electron chi connectivity index (χ2n) is 6.19. The number of carbonyl (C=O) groups excluding carboxylic acids is 4. The van der Waals surface area contributed by atoms with Crippen LogP contribution in [0, 0.1) is 0 Å². The molecule has 28 heavy (non-hydrogen) atoms. The second kappa shape index (κ2) is 10.0. The third-order valence-electron chi connectivity index (χ3n) is 3.93. The number of aliphatic hydroxyl groups excluding tert-OH is 1. The molecule has 1 aliphatic heterocycles. The maximum Gasteiger partial charge on any atom is 0.348 e. The van der Waals surface area contributed by atoms with E-state index >= 15 is 0 Å². The minimum absolute atomic E-state index is 0.246. The number of hydrogen-bond donors (Lipinski definition) is 3. The fourth-order valence-electron chi connectivity index (χ4n) is 2.85. The standard InChI is InChI=1S/C16H25NO10S/c1-7(19)24-10-5-16(28,15(22)23-4)27-14(12(10)17)13(26-9(3)21)11(6-18)25-8(2)20/h10-14,18,28H,5-6,17H2,1-4H3/t10-,11-,12-,13-,14?,16+/m1/s1. The van der Waals surface area contributed by atoms with E-state index < -0.39 is 65.9 Å². The first-order chi connectivity index (χ1) is 12.9. The Morgan fingerprint density at radius 3 is 2.18 bits per heavy atom. The molecule has 0 bridgehead atoms. The van der Waals surface area contributed by atoms with Gasteiger partial charge in [-0.15, -0.1) is 12.6 Å². The fraction of sp³-hybridized carbons (Fsp3) is 0.750. The lowest BCUT2D eigenvalue weighted by molar-refractivity contribution is -0.219. The van der Waals surface area contributed by atoms with Crippen molar-refractivity contribution in [2.24, 2.45) is 5.73 Å². The maximum absolute atomic E-state index is 12.2. The summed E-state index contributed by atoms with van der Waals surface area (Å²) in [4.78, 5) is 44.7. The van der Waals surface area contributed by atoms with E-state index in [9.17, 15) is 24.3 Å². The number of aliphatic hydroxyl groups is 1. The average Bonchev–Trinajstić information content (AvgIpc) is 2.59. The molecular weight excluding hydrogens is 398 g/mol. The Hall–Kier alpha value is -1.89. The Morgan fingerprint density at radius 1 is 1.18 bits per heavy atom. The Labute approximate surface area is 167 Å². The zero-order chi connectivity index (χ0) is 21.6. The Balaban J connectivity index is 3.35. The van der Waals surface area contributed by atoms with E-state index in [1.165, 1.54) is 0 Å². The van der Waals surface area contributed by atoms with Gasteiger partial charge >= 0.3 is 23.9 Å². The predicted octanol–water partition coefficient (Wildman–Crippen LogP) is -1.31. The van der Waals surface area contributed by atoms with Crippen LogP contribution in [0.15, 0.2) is 0 Å². The average molecular weight is 423 g/mol. The van der Waals surface area contributed by atoms with Crippen LogP contribution in [0.4, 0.5) is 0 Å². The number of nitrogens with two attached hydrogens (primary N) is 1. The molecule has 1 heterocycles. The van der Waals surface area contributed by atoms with Gasteiger partial charge < -0.3 is 34.5 Å². The molecular formula is C16H25NO10S. The van der Waals surface area contributed by atoms with Crippen molar-refractivity contribution in [3.05, 3.63) is 0 Å². The fourth-order valence-corrected chi connectivity index (χ4v) is 3.24. The molecule has 0 spiro atoms. The lowest BCUT2D eigenvalue weighted by atomic mass is 9.90. The van der Waals surface area contributed by atoms with Crippen LogP contribution in [0.3, 0.4) is 0 Å². The number of thiol groups is 1. The molecule has 1 fully saturated rings. The van der Waals surface area contributed by atoms with Crippen molar-refractivity contribution < 1.29 is 48.0 Å². The van der Waals surface area contributed by atoms with Gasteiger partial charge in [0.1, 0.15) is 12.2 Å². The van der Waals surface area contributed by atoms with Gasteiger partial charge in [-0.3, -0.25) is 14.4 Å². The zero-order valence-corrected chi connectivity index (χ0v) is 16.8. The van der Waals surface area contributed by atoms with Crippen molar-refractivity contribution in [3.8, 4) is 0 Å². The highest BCUT2D eigenvalue weighted by atomic mass is 32.1. The summed E-state index contributed by atoms with van der Waals surface area (Å²) in [6.07, 6.45) is -5.43. The summed E-state index contributed by atoms with van der Waals surface area (Å²) in [6.45, 7) is 2.59. The number of ether oxygens (including phenoxy) is 5. The van der Waals surface area contributed by atoms with Crippen molar-refractivity contribution >= 4 is 36.5 Å². The van der Waals surface area contributed by atoms with Gasteiger partial charge in [0.05, 0.1) is 19.8 Å². The van der Waals surface area contributed by atoms with Gasteiger partial charge in [-0.25, -0.2) is 4.79 Å². The van der Waals surface area contributed by atoms with Crippen LogP contribution in [0.25, 0.3) is 0 Å². The smallest absolute Gasteiger partial charge is 0.348 e. The molecule has 1 unspecified atom stereocenters. The summed E-state index contributed by atoms with van der Waals surface area (Å²) in [6, 6.07) is -1.11. The first kappa shape index (κ1) is 24.1. The number of rotatable bonds is 7. The van der Waals surface area contributed by atoms with E-state index in [1.54, 1.807) is 0 Å². The lowest BCUT2D eigenvalue weighted by Gasteiger charge is -2.46. The first-order valence-corrected chi connectivity index (χ1v) is 8.76. The van der Waals surface area contributed by atoms with E-state index in [0.29, 0.717) is 0 Å². The summed E-state index contributed by atoms with van der Waals surface area (Å²) < 4.78 is 25.7. The predicted molar refractivity (Wildman–Crippen MR) is 94.9 cm³/mol. The van der Waals surface area contributed by atoms with Crippen LogP contribution >= 0.6 is 12.6 Å². The molecule has 0 amide bonds. The molecule has 6 atom stereocenters. The molecule has 0 aromatic carbocycles. The zero-order valence-electron chi connectivity index (χ0n) is 15.9. The highest BCUT2D eigenvalue weighted by molar-refractivity contribution is 7.82. The van der Waals surface area contributed by atoms with E-state index in [0.717, 1.165) is 27.9 Å². The van der Waals surface area contributed by atoms with E-state index in [2.05, 4.69) is 17.4 Å². The van der Waals surface area contributed by atoms with Gasteiger partial charge in [0.25, 0.3) is 0 Å². The number of hydrogen-bond acceptors (Lipinski definition) is 12. The van der Waals surface area contributed by atoms with Crippen molar-refractivity contribution in [1.29, 1.82) is 0 Å². The molecule has 0 aromatic rings. The molecule has 160 valence electrons. The molecule has 3 N–H and O–H groups in total. The number of carbonyl (C=O) groups is 4. The Kier molecular flexibility index (Phi) is 8.67. The molecule has 1 rings (SSSR count). The summed E-state index contributed by atoms with van der Waals surface area (Å²) in [7, 11) is 1.10. The third kappa shape index (κ3) is 6.06. The van der Waals surface area contributed by atoms with Crippen molar-refractivity contribution in [2.75, 3.05) is 13.7 Å². The second-order valence-corrected chi connectivity index (χ2v) is 6.91. The molecule has 0 radical (unpaired) electrons. The van der Waals surface area contributed by atoms with Crippen LogP contribution in [-0.2, 0) is 42.9 Å². The SMILES string of the molecule is COC(=O)[C@@]1(S)C[C@@H](OC(C)=O)[C@@H](N)C([C@H](OC(C)=O)[C@@H](CO)OC(C)=O)O1. The number of esters is 4. The summed E-state index contributed by atoms with van der Waals surface area (Å²) in [5.41, 5.74) is 6.13. The largest absolute Gasteiger partial charge is 0.466 e. The third-order valence-corrected chi connectivity index (χ3v) is 4.40. The summed E-state index contributed by atoms with van der Waals surface area (Å²) >= 11 is 4.20. The Bertz CT molecular complexity index is 614. The summed E-state index contributed by atoms with van der Waals surface area (Å²) in [5, 5.41) is 9.61. The van der Waals surface area contributed by atoms with Crippen LogP contribution in [0.2, 0.25) is 0 Å². The lowest BCUT2D eigenvalue weighted by Crippen LogP contribution is -2.65. The topological polar surface area (TPSA) is 161 Å². The highest BCUT2D eigenvalue weighted by Crippen LogP contribution is 2.37. The van der Waals surface area contributed by atoms with Gasteiger partial charge in [-0.2, -0.15) is 0 Å². The van der Waals surface area contributed by atoms with Gasteiger partial charge in [0.15, 0.2) is 12.2 Å². The van der Waals surface area contributed by atoms with E-state index in [1.807, 2.05) is 0 Å². The van der Waals surface area contributed by atoms with Gasteiger partial charge in [-0.1, -0.05) is 0 Å². The molecule has 0 saturated carbocycles. The van der Waals surface area contributed by atoms with Crippen LogP contribution in [-0.4, -0.2) is 78.1 Å². The number of methoxy groups -OCH3 is 1. The van der Waals surface area contributed by atoms with Gasteiger partial charge in [-0.05, 0) is 0 Å². The minimum atomic E-state index is -1.90. The quantitative estimate of drug-likeness (QED) is 0.253. The van der Waals surface area contributed by atoms with Crippen LogP contribution in [0.5, 0.6) is 0 Å². The maximum atomic E-state index is 12.2. The minimum Gasteiger partial charge on any atom is -0.466 e. The molecule has 0 aromatic heterocycles. The normalized spacial score (nSPS) is 29.2. The first-order valence-electron chi connectivity index (χ1n) is 8.31. The summed E-state index contributed by atoms with van der Waals surface area (Å²) in [5.74, 6) is -3.13. The Morgan fingerprint density at radius 2 is 1.75 bits per heavy atom. The molecule has 11 nitrogen and oxygen atoms in total. The van der Waals surface area contributed by atoms with E-state index in [-0.39, 0.29) is 6.42 Å². The molecule has 1 aliphatic rings. The monoisotopic (exact) mass is 423 g/mol. The van der Waals surface area contributed by atoms with Gasteiger partial charge in [0.2, 0.25) is 4.93 Å². The van der Waals surface area contributed by atoms with Crippen molar-refractivity contribution in [1.82, 2.24) is 0 Å². The molecule has 12 heteroatoms. The van der Waals surface area contributed by atoms with Gasteiger partial charge in [0, 0.05) is 27.2 Å². The van der Waals surface area contributed by atoms with Crippen molar-refractivity contribution in [3.63, 3.8) is 0 Å². The molecule has 1 saturated heterocycles. The van der Waals surface area contributed by atoms with Crippen molar-refractivity contribution in [2.45, 2.75) is 62.6 Å². The highest BCUT2D eigenvalue weighted by Gasteiger charge is 2.55. The van der Waals surface area contributed by atoms with E-state index in [4.69, 9.17) is 24.7 Å². The molecule has 0 aliphatic carbocycles. The van der Waals surface area contributed by atoms with Crippen LogP contribution < -0.4 is 5.73 Å². The van der Waals surface area contributed by atoms with Crippen LogP contribution in [0.1, 0.15) is 27.2 Å².